The van der Waals surface area contributed by atoms with Crippen LogP contribution in [-0.2, 0) is 17.7 Å². The van der Waals surface area contributed by atoms with Crippen molar-refractivity contribution in [2.45, 2.75) is 13.0 Å². The minimum Gasteiger partial charge on any atom is -0.493 e. The molecule has 2 aliphatic heterocycles. The number of thiocarbonyl (C=S) groups is 1. The summed E-state index contributed by atoms with van der Waals surface area (Å²) in [7, 11) is 3.34. The molecule has 7 heteroatoms. The van der Waals surface area contributed by atoms with E-state index in [2.05, 4.69) is 27.2 Å². The van der Waals surface area contributed by atoms with E-state index in [9.17, 15) is 0 Å². The molecule has 0 aliphatic carbocycles. The van der Waals surface area contributed by atoms with Crippen LogP contribution in [0.25, 0.3) is 0 Å². The number of fused-ring (bicyclic) bond motifs is 1. The van der Waals surface area contributed by atoms with Crippen molar-refractivity contribution in [2.75, 3.05) is 60.2 Å². The maximum atomic E-state index is 5.60. The van der Waals surface area contributed by atoms with Gasteiger partial charge in [0.15, 0.2) is 16.6 Å². The molecule has 1 N–H and O–H groups in total. The molecule has 2 heterocycles. The Balaban J connectivity index is 1.53. The van der Waals surface area contributed by atoms with Crippen LogP contribution in [0, 0.1) is 0 Å². The summed E-state index contributed by atoms with van der Waals surface area (Å²) in [4.78, 5) is 4.63. The second-order valence-electron chi connectivity index (χ2n) is 6.33. The monoisotopic (exact) mass is 365 g/mol. The summed E-state index contributed by atoms with van der Waals surface area (Å²) in [6.07, 6.45) is 0.959. The van der Waals surface area contributed by atoms with Gasteiger partial charge in [0.25, 0.3) is 0 Å². The van der Waals surface area contributed by atoms with Gasteiger partial charge in [-0.1, -0.05) is 0 Å². The molecule has 1 saturated heterocycles. The Hall–Kier alpha value is -1.57. The van der Waals surface area contributed by atoms with Gasteiger partial charge in [-0.05, 0) is 41.9 Å². The lowest BCUT2D eigenvalue weighted by Gasteiger charge is -2.32. The molecule has 138 valence electrons. The number of hydrogen-bond donors (Lipinski definition) is 1. The summed E-state index contributed by atoms with van der Waals surface area (Å²) >= 11 is 5.60. The number of nitrogens with one attached hydrogen (secondary N) is 1. The van der Waals surface area contributed by atoms with Crippen molar-refractivity contribution in [1.29, 1.82) is 0 Å². The van der Waals surface area contributed by atoms with Gasteiger partial charge in [0, 0.05) is 39.3 Å². The number of nitrogens with zero attached hydrogens (tertiary/aromatic N) is 2. The van der Waals surface area contributed by atoms with Crippen molar-refractivity contribution in [3.63, 3.8) is 0 Å². The van der Waals surface area contributed by atoms with E-state index in [-0.39, 0.29) is 0 Å². The lowest BCUT2D eigenvalue weighted by Crippen LogP contribution is -2.46. The molecule has 0 atom stereocenters. The SMILES string of the molecule is COc1cc2c(cc1OC)CN(C(=S)NCCN1CCOCC1)CC2. The van der Waals surface area contributed by atoms with E-state index in [1.165, 1.54) is 11.1 Å². The van der Waals surface area contributed by atoms with Gasteiger partial charge in [-0.2, -0.15) is 0 Å². The van der Waals surface area contributed by atoms with Crippen LogP contribution in [-0.4, -0.2) is 75.1 Å². The van der Waals surface area contributed by atoms with Crippen LogP contribution in [0.3, 0.4) is 0 Å². The van der Waals surface area contributed by atoms with E-state index in [0.29, 0.717) is 0 Å². The van der Waals surface area contributed by atoms with Crippen molar-refractivity contribution in [3.05, 3.63) is 23.3 Å². The molecule has 0 amide bonds. The highest BCUT2D eigenvalue weighted by molar-refractivity contribution is 7.80. The summed E-state index contributed by atoms with van der Waals surface area (Å²) in [6.45, 7) is 7.27. The van der Waals surface area contributed by atoms with Gasteiger partial charge in [0.2, 0.25) is 0 Å². The fourth-order valence-electron chi connectivity index (χ4n) is 3.31. The molecule has 0 saturated carbocycles. The second-order valence-corrected chi connectivity index (χ2v) is 6.72. The Labute approximate surface area is 155 Å². The number of hydrogen-bond acceptors (Lipinski definition) is 5. The Bertz CT molecular complexity index is 605. The zero-order chi connectivity index (χ0) is 17.6. The zero-order valence-electron chi connectivity index (χ0n) is 15.0. The molecule has 0 radical (unpaired) electrons. The molecular formula is C18H27N3O3S. The van der Waals surface area contributed by atoms with Crippen molar-refractivity contribution in [1.82, 2.24) is 15.1 Å². The topological polar surface area (TPSA) is 46.2 Å². The smallest absolute Gasteiger partial charge is 0.169 e. The van der Waals surface area contributed by atoms with Gasteiger partial charge >= 0.3 is 0 Å². The third-order valence-electron chi connectivity index (χ3n) is 4.81. The Morgan fingerprint density at radius 3 is 2.48 bits per heavy atom. The fourth-order valence-corrected chi connectivity index (χ4v) is 3.57. The normalized spacial score (nSPS) is 17.8. The number of ether oxygens (including phenoxy) is 3. The fraction of sp³-hybridized carbons (Fsp3) is 0.611. The number of benzene rings is 1. The van der Waals surface area contributed by atoms with Crippen LogP contribution in [0.4, 0.5) is 0 Å². The minimum absolute atomic E-state index is 0.772. The van der Waals surface area contributed by atoms with Gasteiger partial charge in [-0.15, -0.1) is 0 Å². The largest absolute Gasteiger partial charge is 0.493 e. The Morgan fingerprint density at radius 2 is 1.80 bits per heavy atom. The van der Waals surface area contributed by atoms with Crippen LogP contribution in [0.1, 0.15) is 11.1 Å². The average Bonchev–Trinajstić information content (AvgIpc) is 2.67. The van der Waals surface area contributed by atoms with Crippen LogP contribution < -0.4 is 14.8 Å². The summed E-state index contributed by atoms with van der Waals surface area (Å²) < 4.78 is 16.2. The van der Waals surface area contributed by atoms with Gasteiger partial charge in [0.1, 0.15) is 0 Å². The van der Waals surface area contributed by atoms with E-state index in [4.69, 9.17) is 26.4 Å². The molecule has 0 bridgehead atoms. The molecule has 2 aliphatic rings. The average molecular weight is 365 g/mol. The molecule has 1 aromatic rings. The first kappa shape index (κ1) is 18.2. The lowest BCUT2D eigenvalue weighted by molar-refractivity contribution is 0.0388. The molecule has 25 heavy (non-hydrogen) atoms. The minimum atomic E-state index is 0.772. The quantitative estimate of drug-likeness (QED) is 0.789. The van der Waals surface area contributed by atoms with E-state index in [0.717, 1.165) is 75.5 Å². The zero-order valence-corrected chi connectivity index (χ0v) is 15.9. The van der Waals surface area contributed by atoms with E-state index >= 15 is 0 Å². The first-order valence-corrected chi connectivity index (χ1v) is 9.18. The van der Waals surface area contributed by atoms with Crippen LogP contribution >= 0.6 is 12.2 Å². The molecule has 3 rings (SSSR count). The highest BCUT2D eigenvalue weighted by atomic mass is 32.1. The predicted octanol–water partition coefficient (Wildman–Crippen LogP) is 1.27. The van der Waals surface area contributed by atoms with Crippen LogP contribution in [0.2, 0.25) is 0 Å². The van der Waals surface area contributed by atoms with Crippen molar-refractivity contribution in [2.24, 2.45) is 0 Å². The standard InChI is InChI=1S/C18H27N3O3S/c1-22-16-11-14-3-5-21(13-15(14)12-17(16)23-2)18(25)19-4-6-20-7-9-24-10-8-20/h11-12H,3-10,13H2,1-2H3,(H,19,25). The van der Waals surface area contributed by atoms with E-state index in [1.807, 2.05) is 0 Å². The van der Waals surface area contributed by atoms with Gasteiger partial charge in [0.05, 0.1) is 27.4 Å². The second kappa shape index (κ2) is 8.69. The third kappa shape index (κ3) is 4.54. The summed E-state index contributed by atoms with van der Waals surface area (Å²) in [6, 6.07) is 4.15. The molecular weight excluding hydrogens is 338 g/mol. The molecule has 0 spiro atoms. The van der Waals surface area contributed by atoms with Crippen LogP contribution in [0.15, 0.2) is 12.1 Å². The van der Waals surface area contributed by atoms with E-state index < -0.39 is 0 Å². The van der Waals surface area contributed by atoms with Gasteiger partial charge in [-0.3, -0.25) is 4.90 Å². The number of rotatable bonds is 5. The van der Waals surface area contributed by atoms with E-state index in [1.54, 1.807) is 14.2 Å². The Kier molecular flexibility index (Phi) is 6.34. The Morgan fingerprint density at radius 1 is 1.12 bits per heavy atom. The number of morpholine rings is 1. The first-order valence-electron chi connectivity index (χ1n) is 8.78. The maximum Gasteiger partial charge on any atom is 0.169 e. The highest BCUT2D eigenvalue weighted by Crippen LogP contribution is 2.33. The van der Waals surface area contributed by atoms with Gasteiger partial charge < -0.3 is 24.4 Å². The summed E-state index contributed by atoms with van der Waals surface area (Å²) in [5.74, 6) is 1.57. The van der Waals surface area contributed by atoms with Gasteiger partial charge in [-0.25, -0.2) is 0 Å². The third-order valence-corrected chi connectivity index (χ3v) is 5.22. The highest BCUT2D eigenvalue weighted by Gasteiger charge is 2.21. The predicted molar refractivity (Wildman–Crippen MR) is 102 cm³/mol. The summed E-state index contributed by atoms with van der Waals surface area (Å²) in [5, 5.41) is 4.23. The molecule has 0 unspecified atom stereocenters. The van der Waals surface area contributed by atoms with Crippen molar-refractivity contribution in [3.8, 4) is 11.5 Å². The number of methoxy groups -OCH3 is 2. The molecule has 1 fully saturated rings. The molecule has 6 nitrogen and oxygen atoms in total. The van der Waals surface area contributed by atoms with Crippen LogP contribution in [0.5, 0.6) is 11.5 Å². The summed E-state index contributed by atoms with van der Waals surface area (Å²) in [5.41, 5.74) is 2.56. The molecule has 1 aromatic carbocycles. The van der Waals surface area contributed by atoms with Crippen molar-refractivity contribution < 1.29 is 14.2 Å². The van der Waals surface area contributed by atoms with Crippen molar-refractivity contribution >= 4 is 17.3 Å². The molecule has 0 aromatic heterocycles. The first-order chi connectivity index (χ1) is 12.2. The maximum absolute atomic E-state index is 5.60. The lowest BCUT2D eigenvalue weighted by atomic mass is 9.99.